The fourth-order valence-corrected chi connectivity index (χ4v) is 8.65. The zero-order valence-electron chi connectivity index (χ0n) is 28.0. The van der Waals surface area contributed by atoms with E-state index < -0.39 is 0 Å². The number of allylic oxidation sites excluding steroid dienone is 4. The van der Waals surface area contributed by atoms with E-state index >= 15 is 0 Å². The van der Waals surface area contributed by atoms with Gasteiger partial charge in [0.05, 0.1) is 5.52 Å². The molecular formula is C47H37NO. The highest BCUT2D eigenvalue weighted by Gasteiger charge is 2.24. The summed E-state index contributed by atoms with van der Waals surface area (Å²) in [6, 6.07) is 32.0. The lowest BCUT2D eigenvalue weighted by atomic mass is 9.89. The Labute approximate surface area is 287 Å². The fourth-order valence-electron chi connectivity index (χ4n) is 8.65. The van der Waals surface area contributed by atoms with Gasteiger partial charge in [0.25, 0.3) is 0 Å². The highest BCUT2D eigenvalue weighted by atomic mass is 16.3. The molecule has 0 amide bonds. The van der Waals surface area contributed by atoms with Crippen LogP contribution in [0.5, 0.6) is 0 Å². The summed E-state index contributed by atoms with van der Waals surface area (Å²) in [6.07, 6.45) is 21.0. The van der Waals surface area contributed by atoms with E-state index in [4.69, 9.17) is 4.42 Å². The van der Waals surface area contributed by atoms with Crippen molar-refractivity contribution >= 4 is 62.5 Å². The standard InChI is InChI=1S/C47H37NO/c1-29-16-22-41-40-13-7-9-15-45(40)49-47(41)46(29)36-24-21-35(26-30(36)2)48-43-14-8-6-12-39(43)42-28-33(20-25-44(42)48)32-19-23-38-34(27-32)18-17-31-10-4-3-5-11-37(31)38/h4-6,8-12,14-19,21-24,26-28H,3,7,13,20,25H2,1-2H3. The number of hydrogen-bond acceptors (Lipinski definition) is 1. The predicted molar refractivity (Wildman–Crippen MR) is 208 cm³/mol. The van der Waals surface area contributed by atoms with Crippen molar-refractivity contribution in [3.05, 3.63) is 154 Å². The molecule has 2 aromatic heterocycles. The molecule has 0 fully saturated rings. The first-order chi connectivity index (χ1) is 24.1. The lowest BCUT2D eigenvalue weighted by Crippen LogP contribution is -2.05. The molecule has 10 rings (SSSR count). The molecule has 0 spiro atoms. The lowest BCUT2D eigenvalue weighted by molar-refractivity contribution is 0.596. The molecule has 2 heterocycles. The van der Waals surface area contributed by atoms with Gasteiger partial charge in [0.1, 0.15) is 11.3 Å². The molecule has 3 aliphatic rings. The number of fused-ring (bicyclic) bond motifs is 9. The van der Waals surface area contributed by atoms with Gasteiger partial charge in [0.2, 0.25) is 0 Å². The van der Waals surface area contributed by atoms with Gasteiger partial charge in [-0.25, -0.2) is 0 Å². The molecule has 5 aromatic carbocycles. The van der Waals surface area contributed by atoms with Crippen LogP contribution in [0.1, 0.15) is 69.7 Å². The molecule has 0 saturated heterocycles. The van der Waals surface area contributed by atoms with Crippen LogP contribution in [0.4, 0.5) is 0 Å². The van der Waals surface area contributed by atoms with E-state index in [-0.39, 0.29) is 0 Å². The van der Waals surface area contributed by atoms with E-state index in [0.29, 0.717) is 0 Å². The quantitative estimate of drug-likeness (QED) is 0.190. The van der Waals surface area contributed by atoms with Crippen LogP contribution in [-0.2, 0) is 12.8 Å². The Hall–Kier alpha value is -5.60. The Morgan fingerprint density at radius 3 is 2.51 bits per heavy atom. The second-order valence-electron chi connectivity index (χ2n) is 13.9. The summed E-state index contributed by atoms with van der Waals surface area (Å²) >= 11 is 0. The van der Waals surface area contributed by atoms with Gasteiger partial charge in [0.15, 0.2) is 0 Å². The minimum absolute atomic E-state index is 0.988. The van der Waals surface area contributed by atoms with Crippen molar-refractivity contribution in [2.75, 3.05) is 0 Å². The maximum absolute atomic E-state index is 6.54. The zero-order valence-corrected chi connectivity index (χ0v) is 28.0. The van der Waals surface area contributed by atoms with Crippen molar-refractivity contribution in [3.63, 3.8) is 0 Å². The number of benzene rings is 5. The molecule has 3 aliphatic carbocycles. The van der Waals surface area contributed by atoms with Gasteiger partial charge in [-0.05, 0) is 132 Å². The molecule has 0 radical (unpaired) electrons. The molecule has 0 atom stereocenters. The Bertz CT molecular complexity index is 2650. The summed E-state index contributed by atoms with van der Waals surface area (Å²) in [5.41, 5.74) is 17.9. The molecule has 2 heteroatoms. The summed E-state index contributed by atoms with van der Waals surface area (Å²) in [5.74, 6) is 1.02. The molecule has 0 N–H and O–H groups in total. The number of aryl methyl sites for hydroxylation is 3. The third kappa shape index (κ3) is 4.40. The van der Waals surface area contributed by atoms with Gasteiger partial charge in [-0.3, -0.25) is 0 Å². The van der Waals surface area contributed by atoms with Crippen LogP contribution in [0, 0.1) is 13.8 Å². The maximum Gasteiger partial charge on any atom is 0.143 e. The van der Waals surface area contributed by atoms with Crippen LogP contribution < -0.4 is 0 Å². The van der Waals surface area contributed by atoms with E-state index in [1.165, 1.54) is 94.1 Å². The normalized spacial score (nSPS) is 15.0. The largest absolute Gasteiger partial charge is 0.456 e. The van der Waals surface area contributed by atoms with Crippen molar-refractivity contribution in [3.8, 4) is 16.8 Å². The molecule has 0 saturated carbocycles. The third-order valence-corrected chi connectivity index (χ3v) is 11.1. The van der Waals surface area contributed by atoms with E-state index in [1.807, 2.05) is 0 Å². The van der Waals surface area contributed by atoms with Gasteiger partial charge < -0.3 is 8.98 Å². The van der Waals surface area contributed by atoms with Crippen molar-refractivity contribution in [2.24, 2.45) is 0 Å². The van der Waals surface area contributed by atoms with E-state index in [1.54, 1.807) is 0 Å². The predicted octanol–water partition coefficient (Wildman–Crippen LogP) is 12.7. The summed E-state index contributed by atoms with van der Waals surface area (Å²) in [6.45, 7) is 4.46. The number of aromatic nitrogens is 1. The zero-order chi connectivity index (χ0) is 32.6. The van der Waals surface area contributed by atoms with Crippen molar-refractivity contribution in [1.29, 1.82) is 0 Å². The monoisotopic (exact) mass is 631 g/mol. The molecule has 0 unspecified atom stereocenters. The number of hydrogen-bond donors (Lipinski definition) is 0. The minimum Gasteiger partial charge on any atom is -0.456 e. The minimum atomic E-state index is 0.988. The summed E-state index contributed by atoms with van der Waals surface area (Å²) in [7, 11) is 0. The van der Waals surface area contributed by atoms with Crippen LogP contribution >= 0.6 is 0 Å². The van der Waals surface area contributed by atoms with Crippen LogP contribution in [0.25, 0.3) is 79.3 Å². The van der Waals surface area contributed by atoms with Crippen LogP contribution in [-0.4, -0.2) is 4.57 Å². The Kier molecular flexibility index (Phi) is 6.36. The molecule has 236 valence electrons. The first kappa shape index (κ1) is 28.4. The Morgan fingerprint density at radius 1 is 0.673 bits per heavy atom. The van der Waals surface area contributed by atoms with Crippen LogP contribution in [0.2, 0.25) is 0 Å². The molecule has 2 nitrogen and oxygen atoms in total. The van der Waals surface area contributed by atoms with Crippen molar-refractivity contribution < 1.29 is 4.42 Å². The van der Waals surface area contributed by atoms with E-state index in [2.05, 4.69) is 146 Å². The summed E-state index contributed by atoms with van der Waals surface area (Å²) in [4.78, 5) is 0. The van der Waals surface area contributed by atoms with Gasteiger partial charge in [0, 0.05) is 38.8 Å². The number of furan rings is 1. The maximum atomic E-state index is 6.54. The first-order valence-electron chi connectivity index (χ1n) is 17.7. The SMILES string of the molecule is Cc1cc(-n2c3c(c4ccccc42)C=C(c2ccc4c5c(ccc4c2)C=CCC=C5)CC3)ccc1-c1c(C)ccc2c3c(oc12)C=CCC3. The van der Waals surface area contributed by atoms with Crippen molar-refractivity contribution in [1.82, 2.24) is 4.57 Å². The van der Waals surface area contributed by atoms with Gasteiger partial charge in [-0.15, -0.1) is 0 Å². The van der Waals surface area contributed by atoms with Crippen LogP contribution in [0.3, 0.4) is 0 Å². The fraction of sp³-hybridized carbons (Fsp3) is 0.149. The van der Waals surface area contributed by atoms with E-state index in [0.717, 1.165) is 43.4 Å². The number of para-hydroxylation sites is 1. The highest BCUT2D eigenvalue weighted by molar-refractivity contribution is 6.02. The molecule has 7 aromatic rings. The smallest absolute Gasteiger partial charge is 0.143 e. The Balaban J connectivity index is 1.07. The summed E-state index contributed by atoms with van der Waals surface area (Å²) in [5, 5.41) is 5.20. The molecule has 49 heavy (non-hydrogen) atoms. The third-order valence-electron chi connectivity index (χ3n) is 11.1. The first-order valence-corrected chi connectivity index (χ1v) is 17.7. The topological polar surface area (TPSA) is 18.1 Å². The van der Waals surface area contributed by atoms with Gasteiger partial charge in [-0.2, -0.15) is 0 Å². The number of nitrogens with zero attached hydrogens (tertiary/aromatic N) is 1. The lowest BCUT2D eigenvalue weighted by Gasteiger charge is -2.19. The van der Waals surface area contributed by atoms with Gasteiger partial charge in [-0.1, -0.05) is 91.0 Å². The second-order valence-corrected chi connectivity index (χ2v) is 13.9. The van der Waals surface area contributed by atoms with Gasteiger partial charge >= 0.3 is 0 Å². The second kappa shape index (κ2) is 11.0. The average molecular weight is 632 g/mol. The highest BCUT2D eigenvalue weighted by Crippen LogP contribution is 2.43. The Morgan fingerprint density at radius 2 is 1.57 bits per heavy atom. The number of rotatable bonds is 3. The molecular weight excluding hydrogens is 595 g/mol. The summed E-state index contributed by atoms with van der Waals surface area (Å²) < 4.78 is 9.05. The van der Waals surface area contributed by atoms with E-state index in [9.17, 15) is 0 Å². The average Bonchev–Trinajstić information content (AvgIpc) is 3.56. The van der Waals surface area contributed by atoms with Crippen molar-refractivity contribution in [2.45, 2.75) is 46.0 Å². The molecule has 0 bridgehead atoms. The van der Waals surface area contributed by atoms with Crippen LogP contribution in [0.15, 0.2) is 108 Å². The molecule has 0 aliphatic heterocycles.